The summed E-state index contributed by atoms with van der Waals surface area (Å²) in [7, 11) is 1.63. The molecule has 0 saturated carbocycles. The third kappa shape index (κ3) is 5.07. The van der Waals surface area contributed by atoms with E-state index < -0.39 is 30.5 Å². The van der Waals surface area contributed by atoms with Crippen LogP contribution in [0.1, 0.15) is 12.0 Å². The van der Waals surface area contributed by atoms with Crippen LogP contribution in [0.2, 0.25) is 5.02 Å². The molecule has 0 radical (unpaired) electrons. The summed E-state index contributed by atoms with van der Waals surface area (Å²) in [6, 6.07) is 10.8. The van der Waals surface area contributed by atoms with Gasteiger partial charge in [-0.2, -0.15) is 13.2 Å². The van der Waals surface area contributed by atoms with Crippen molar-refractivity contribution in [2.45, 2.75) is 25.2 Å². The maximum Gasteiger partial charge on any atom is 0.409 e. The second-order valence-electron chi connectivity index (χ2n) is 6.89. The Kier molecular flexibility index (Phi) is 6.14. The summed E-state index contributed by atoms with van der Waals surface area (Å²) in [6.07, 6.45) is -5.61. The van der Waals surface area contributed by atoms with E-state index in [1.165, 1.54) is 18.2 Å². The van der Waals surface area contributed by atoms with Crippen molar-refractivity contribution in [1.29, 1.82) is 0 Å². The number of nitrogens with one attached hydrogen (secondary N) is 1. The standard InChI is InChI=1S/C20H19ClF3N3O2/c1-26(11-13-5-4-6-14(21)9-13)12-19(29)27-16-8-3-2-7-15(16)25-18(28)10-17(27)20(22,23)24/h2-9,17H,10-12H2,1H3,(H,25,28). The zero-order valence-electron chi connectivity index (χ0n) is 15.5. The van der Waals surface area contributed by atoms with E-state index in [4.69, 9.17) is 11.6 Å². The summed E-state index contributed by atoms with van der Waals surface area (Å²) < 4.78 is 41.2. The van der Waals surface area contributed by atoms with E-state index in [0.29, 0.717) is 16.5 Å². The monoisotopic (exact) mass is 425 g/mol. The van der Waals surface area contributed by atoms with Crippen molar-refractivity contribution in [2.75, 3.05) is 23.8 Å². The molecule has 1 heterocycles. The largest absolute Gasteiger partial charge is 0.409 e. The Hall–Kier alpha value is -2.58. The fourth-order valence-electron chi connectivity index (χ4n) is 3.31. The molecule has 0 spiro atoms. The molecule has 9 heteroatoms. The molecule has 1 N–H and O–H groups in total. The third-order valence-electron chi connectivity index (χ3n) is 4.52. The van der Waals surface area contributed by atoms with Gasteiger partial charge in [0, 0.05) is 11.6 Å². The van der Waals surface area contributed by atoms with Crippen LogP contribution < -0.4 is 10.2 Å². The number of anilines is 2. The highest BCUT2D eigenvalue weighted by Gasteiger charge is 2.49. The molecular weight excluding hydrogens is 407 g/mol. The minimum absolute atomic E-state index is 0.0295. The topological polar surface area (TPSA) is 52.7 Å². The smallest absolute Gasteiger partial charge is 0.324 e. The summed E-state index contributed by atoms with van der Waals surface area (Å²) in [5, 5.41) is 2.98. The number of para-hydroxylation sites is 2. The lowest BCUT2D eigenvalue weighted by atomic mass is 10.1. The normalized spacial score (nSPS) is 17.0. The zero-order valence-corrected chi connectivity index (χ0v) is 16.3. The number of nitrogens with zero attached hydrogens (tertiary/aromatic N) is 2. The van der Waals surface area contributed by atoms with E-state index in [9.17, 15) is 22.8 Å². The van der Waals surface area contributed by atoms with Gasteiger partial charge in [0.2, 0.25) is 11.8 Å². The van der Waals surface area contributed by atoms with Crippen LogP contribution in [0.4, 0.5) is 24.5 Å². The number of halogens is 4. The van der Waals surface area contributed by atoms with E-state index >= 15 is 0 Å². The van der Waals surface area contributed by atoms with Crippen LogP contribution in [0.25, 0.3) is 0 Å². The maximum absolute atomic E-state index is 13.7. The van der Waals surface area contributed by atoms with Gasteiger partial charge in [-0.05, 0) is 36.9 Å². The molecule has 1 aliphatic rings. The predicted octanol–water partition coefficient (Wildman–Crippen LogP) is 4.08. The third-order valence-corrected chi connectivity index (χ3v) is 4.76. The number of carbonyl (C=O) groups is 2. The summed E-state index contributed by atoms with van der Waals surface area (Å²) in [4.78, 5) is 27.2. The first-order valence-electron chi connectivity index (χ1n) is 8.86. The number of likely N-dealkylation sites (N-methyl/N-ethyl adjacent to an activating group) is 1. The van der Waals surface area contributed by atoms with Crippen molar-refractivity contribution in [2.24, 2.45) is 0 Å². The highest BCUT2D eigenvalue weighted by atomic mass is 35.5. The average molecular weight is 426 g/mol. The number of benzene rings is 2. The molecule has 154 valence electrons. The fourth-order valence-corrected chi connectivity index (χ4v) is 3.52. The molecule has 5 nitrogen and oxygen atoms in total. The molecule has 0 fully saturated rings. The maximum atomic E-state index is 13.7. The Morgan fingerprint density at radius 2 is 1.97 bits per heavy atom. The first kappa shape index (κ1) is 21.1. The summed E-state index contributed by atoms with van der Waals surface area (Å²) >= 11 is 5.96. The van der Waals surface area contributed by atoms with Crippen LogP contribution in [0.5, 0.6) is 0 Å². The number of alkyl halides is 3. The van der Waals surface area contributed by atoms with Crippen molar-refractivity contribution in [3.8, 4) is 0 Å². The molecule has 1 aliphatic heterocycles. The number of hydrogen-bond acceptors (Lipinski definition) is 3. The van der Waals surface area contributed by atoms with Gasteiger partial charge in [0.05, 0.1) is 24.3 Å². The van der Waals surface area contributed by atoms with Crippen LogP contribution in [-0.4, -0.2) is 42.5 Å². The van der Waals surface area contributed by atoms with E-state index in [1.54, 1.807) is 36.2 Å². The van der Waals surface area contributed by atoms with Crippen molar-refractivity contribution >= 4 is 34.8 Å². The lowest BCUT2D eigenvalue weighted by molar-refractivity contribution is -0.158. The van der Waals surface area contributed by atoms with Gasteiger partial charge in [-0.25, -0.2) is 0 Å². The van der Waals surface area contributed by atoms with Crippen LogP contribution in [0, 0.1) is 0 Å². The molecule has 0 saturated heterocycles. The molecule has 0 aromatic heterocycles. The van der Waals surface area contributed by atoms with E-state index in [-0.39, 0.29) is 17.9 Å². The van der Waals surface area contributed by atoms with Gasteiger partial charge in [-0.1, -0.05) is 35.9 Å². The number of fused-ring (bicyclic) bond motifs is 1. The Labute approximate surface area is 171 Å². The fraction of sp³-hybridized carbons (Fsp3) is 0.300. The lowest BCUT2D eigenvalue weighted by Crippen LogP contribution is -2.52. The van der Waals surface area contributed by atoms with Crippen LogP contribution in [0.15, 0.2) is 48.5 Å². The van der Waals surface area contributed by atoms with Gasteiger partial charge in [0.1, 0.15) is 6.04 Å². The van der Waals surface area contributed by atoms with Crippen LogP contribution in [0.3, 0.4) is 0 Å². The van der Waals surface area contributed by atoms with Gasteiger partial charge in [-0.3, -0.25) is 19.4 Å². The van der Waals surface area contributed by atoms with E-state index in [0.717, 1.165) is 5.56 Å². The van der Waals surface area contributed by atoms with Crippen LogP contribution >= 0.6 is 11.6 Å². The van der Waals surface area contributed by atoms with Gasteiger partial charge in [0.25, 0.3) is 0 Å². The summed E-state index contributed by atoms with van der Waals surface area (Å²) in [5.41, 5.74) is 1.03. The molecule has 2 amide bonds. The minimum Gasteiger partial charge on any atom is -0.324 e. The first-order valence-corrected chi connectivity index (χ1v) is 9.23. The highest BCUT2D eigenvalue weighted by molar-refractivity contribution is 6.30. The number of rotatable bonds is 4. The second kappa shape index (κ2) is 8.42. The molecular formula is C20H19ClF3N3O2. The van der Waals surface area contributed by atoms with Gasteiger partial charge in [-0.15, -0.1) is 0 Å². The predicted molar refractivity (Wildman–Crippen MR) is 105 cm³/mol. The lowest BCUT2D eigenvalue weighted by Gasteiger charge is -2.33. The van der Waals surface area contributed by atoms with Gasteiger partial charge >= 0.3 is 6.18 Å². The Morgan fingerprint density at radius 3 is 2.66 bits per heavy atom. The highest BCUT2D eigenvalue weighted by Crippen LogP contribution is 2.37. The molecule has 0 aliphatic carbocycles. The number of carbonyl (C=O) groups excluding carboxylic acids is 2. The quantitative estimate of drug-likeness (QED) is 0.803. The zero-order chi connectivity index (χ0) is 21.2. The summed E-state index contributed by atoms with van der Waals surface area (Å²) in [5.74, 6) is -1.54. The molecule has 29 heavy (non-hydrogen) atoms. The summed E-state index contributed by atoms with van der Waals surface area (Å²) in [6.45, 7) is 0.0667. The molecule has 3 rings (SSSR count). The van der Waals surface area contributed by atoms with Crippen molar-refractivity contribution in [3.63, 3.8) is 0 Å². The van der Waals surface area contributed by atoms with E-state index in [2.05, 4.69) is 5.32 Å². The Morgan fingerprint density at radius 1 is 1.24 bits per heavy atom. The molecule has 2 aromatic carbocycles. The number of amides is 2. The minimum atomic E-state index is -4.75. The second-order valence-corrected chi connectivity index (χ2v) is 7.33. The molecule has 1 unspecified atom stereocenters. The van der Waals surface area contributed by atoms with Crippen molar-refractivity contribution < 1.29 is 22.8 Å². The van der Waals surface area contributed by atoms with Gasteiger partial charge < -0.3 is 5.32 Å². The van der Waals surface area contributed by atoms with Crippen LogP contribution in [-0.2, 0) is 16.1 Å². The molecule has 1 atom stereocenters. The number of hydrogen-bond donors (Lipinski definition) is 1. The molecule has 2 aromatic rings. The Bertz CT molecular complexity index is 920. The molecule has 0 bridgehead atoms. The average Bonchev–Trinajstić information content (AvgIpc) is 2.77. The van der Waals surface area contributed by atoms with Crippen molar-refractivity contribution in [3.05, 3.63) is 59.1 Å². The van der Waals surface area contributed by atoms with Gasteiger partial charge in [0.15, 0.2) is 0 Å². The first-order chi connectivity index (χ1) is 13.6. The SMILES string of the molecule is CN(CC(=O)N1c2ccccc2NC(=O)CC1C(F)(F)F)Cc1cccc(Cl)c1. The van der Waals surface area contributed by atoms with Crippen molar-refractivity contribution in [1.82, 2.24) is 4.90 Å². The Balaban J connectivity index is 1.87. The van der Waals surface area contributed by atoms with E-state index in [1.807, 2.05) is 6.07 Å².